The molecule has 1 aliphatic heterocycles. The van der Waals surface area contributed by atoms with E-state index in [0.29, 0.717) is 30.1 Å². The van der Waals surface area contributed by atoms with Crippen LogP contribution in [-0.4, -0.2) is 35.8 Å². The van der Waals surface area contributed by atoms with Crippen molar-refractivity contribution in [3.63, 3.8) is 0 Å². The molecule has 1 heterocycles. The molecular formula is C21H23N3O4. The van der Waals surface area contributed by atoms with Gasteiger partial charge < -0.3 is 14.8 Å². The highest BCUT2D eigenvalue weighted by Crippen LogP contribution is 2.28. The number of rotatable bonds is 7. The van der Waals surface area contributed by atoms with Gasteiger partial charge in [0.2, 0.25) is 0 Å². The highest BCUT2D eigenvalue weighted by molar-refractivity contribution is 6.07. The van der Waals surface area contributed by atoms with Crippen LogP contribution in [0.5, 0.6) is 11.5 Å². The molecular weight excluding hydrogens is 358 g/mol. The summed E-state index contributed by atoms with van der Waals surface area (Å²) in [5.74, 6) is 0.763. The van der Waals surface area contributed by atoms with Crippen LogP contribution in [0.2, 0.25) is 0 Å². The SMILES string of the molecule is CC[C@@]1(C)NC(=O)N(/N=C\c2ccc(OCc3ccccc3)c(OC)c2)C1=O. The van der Waals surface area contributed by atoms with Gasteiger partial charge in [-0.3, -0.25) is 4.79 Å². The van der Waals surface area contributed by atoms with Crippen LogP contribution in [0.3, 0.4) is 0 Å². The Kier molecular flexibility index (Phi) is 5.63. The predicted octanol–water partition coefficient (Wildman–Crippen LogP) is 3.33. The fraction of sp³-hybridized carbons (Fsp3) is 0.286. The lowest BCUT2D eigenvalue weighted by molar-refractivity contribution is -0.130. The number of imide groups is 1. The first-order valence-corrected chi connectivity index (χ1v) is 9.02. The standard InChI is InChI=1S/C21H23N3O4/c1-4-21(2)19(25)24(20(26)23-21)22-13-16-10-11-17(18(12-16)27-3)28-14-15-8-6-5-7-9-15/h5-13H,4,14H2,1-3H3,(H,23,26)/b22-13-/t21-/m1/s1. The lowest BCUT2D eigenvalue weighted by Crippen LogP contribution is -2.42. The van der Waals surface area contributed by atoms with Gasteiger partial charge in [-0.15, -0.1) is 5.01 Å². The third kappa shape index (κ3) is 3.98. The lowest BCUT2D eigenvalue weighted by Gasteiger charge is -2.17. The molecule has 3 rings (SSSR count). The summed E-state index contributed by atoms with van der Waals surface area (Å²) in [6, 6.07) is 14.6. The van der Waals surface area contributed by atoms with Crippen molar-refractivity contribution in [3.05, 3.63) is 59.7 Å². The number of urea groups is 1. The van der Waals surface area contributed by atoms with Gasteiger partial charge in [0.1, 0.15) is 12.1 Å². The smallest absolute Gasteiger partial charge is 0.346 e. The molecule has 1 saturated heterocycles. The van der Waals surface area contributed by atoms with Crippen LogP contribution in [0, 0.1) is 0 Å². The van der Waals surface area contributed by atoms with Gasteiger partial charge in [0, 0.05) is 0 Å². The van der Waals surface area contributed by atoms with E-state index in [1.165, 1.54) is 6.21 Å². The fourth-order valence-electron chi connectivity index (χ4n) is 2.76. The van der Waals surface area contributed by atoms with E-state index in [9.17, 15) is 9.59 Å². The van der Waals surface area contributed by atoms with Crippen molar-refractivity contribution in [1.82, 2.24) is 10.3 Å². The normalized spacial score (nSPS) is 19.2. The summed E-state index contributed by atoms with van der Waals surface area (Å²) in [6.07, 6.45) is 1.94. The average molecular weight is 381 g/mol. The lowest BCUT2D eigenvalue weighted by atomic mass is 10.00. The molecule has 0 saturated carbocycles. The monoisotopic (exact) mass is 381 g/mol. The molecule has 146 valence electrons. The molecule has 0 spiro atoms. The van der Waals surface area contributed by atoms with E-state index >= 15 is 0 Å². The summed E-state index contributed by atoms with van der Waals surface area (Å²) in [7, 11) is 1.55. The number of carbonyl (C=O) groups is 2. The number of benzene rings is 2. The maximum atomic E-state index is 12.4. The zero-order valence-electron chi connectivity index (χ0n) is 16.1. The molecule has 7 nitrogen and oxygen atoms in total. The van der Waals surface area contributed by atoms with E-state index < -0.39 is 11.6 Å². The number of hydrogen-bond donors (Lipinski definition) is 1. The molecule has 0 aliphatic carbocycles. The molecule has 0 radical (unpaired) electrons. The minimum Gasteiger partial charge on any atom is -0.493 e. The van der Waals surface area contributed by atoms with E-state index in [4.69, 9.17) is 9.47 Å². The van der Waals surface area contributed by atoms with E-state index in [2.05, 4.69) is 10.4 Å². The number of ether oxygens (including phenoxy) is 2. The Hall–Kier alpha value is -3.35. The van der Waals surface area contributed by atoms with E-state index in [-0.39, 0.29) is 5.91 Å². The van der Waals surface area contributed by atoms with Crippen molar-refractivity contribution < 1.29 is 19.1 Å². The number of hydrogen-bond acceptors (Lipinski definition) is 5. The number of amides is 3. The Labute approximate surface area is 163 Å². The van der Waals surface area contributed by atoms with Crippen LogP contribution in [0.1, 0.15) is 31.4 Å². The minimum atomic E-state index is -0.915. The number of hydrazone groups is 1. The van der Waals surface area contributed by atoms with Crippen LogP contribution in [0.25, 0.3) is 0 Å². The van der Waals surface area contributed by atoms with Crippen LogP contribution in [0.15, 0.2) is 53.6 Å². The summed E-state index contributed by atoms with van der Waals surface area (Å²) < 4.78 is 11.2. The van der Waals surface area contributed by atoms with E-state index in [1.54, 1.807) is 32.2 Å². The minimum absolute atomic E-state index is 0.369. The Bertz CT molecular complexity index is 898. The van der Waals surface area contributed by atoms with Crippen molar-refractivity contribution in [2.75, 3.05) is 7.11 Å². The molecule has 0 aromatic heterocycles. The van der Waals surface area contributed by atoms with Gasteiger partial charge in [-0.2, -0.15) is 5.10 Å². The van der Waals surface area contributed by atoms with Crippen LogP contribution in [0.4, 0.5) is 4.79 Å². The molecule has 3 amide bonds. The summed E-state index contributed by atoms with van der Waals surface area (Å²) >= 11 is 0. The van der Waals surface area contributed by atoms with Gasteiger partial charge in [0.25, 0.3) is 5.91 Å². The first-order chi connectivity index (χ1) is 13.5. The second-order valence-corrected chi connectivity index (χ2v) is 6.66. The van der Waals surface area contributed by atoms with Crippen molar-refractivity contribution >= 4 is 18.2 Å². The van der Waals surface area contributed by atoms with Crippen LogP contribution >= 0.6 is 0 Å². The zero-order valence-corrected chi connectivity index (χ0v) is 16.1. The number of carbonyl (C=O) groups excluding carboxylic acids is 2. The fourth-order valence-corrected chi connectivity index (χ4v) is 2.76. The molecule has 0 bridgehead atoms. The summed E-state index contributed by atoms with van der Waals surface area (Å²) in [6.45, 7) is 3.94. The maximum Gasteiger partial charge on any atom is 0.346 e. The number of nitrogens with one attached hydrogen (secondary N) is 1. The predicted molar refractivity (Wildman–Crippen MR) is 105 cm³/mol. The Morgan fingerprint density at radius 2 is 1.89 bits per heavy atom. The second-order valence-electron chi connectivity index (χ2n) is 6.66. The first kappa shape index (κ1) is 19.4. The summed E-state index contributed by atoms with van der Waals surface area (Å²) in [5, 5.41) is 7.56. The van der Waals surface area contributed by atoms with Crippen molar-refractivity contribution in [2.45, 2.75) is 32.4 Å². The summed E-state index contributed by atoms with van der Waals surface area (Å²) in [5.41, 5.74) is 0.809. The van der Waals surface area contributed by atoms with E-state index in [0.717, 1.165) is 10.6 Å². The largest absolute Gasteiger partial charge is 0.493 e. The van der Waals surface area contributed by atoms with Gasteiger partial charge in [0.05, 0.1) is 13.3 Å². The third-order valence-corrected chi connectivity index (χ3v) is 4.69. The molecule has 28 heavy (non-hydrogen) atoms. The summed E-state index contributed by atoms with van der Waals surface area (Å²) in [4.78, 5) is 24.4. The molecule has 1 N–H and O–H groups in total. The van der Waals surface area contributed by atoms with Crippen LogP contribution < -0.4 is 14.8 Å². The van der Waals surface area contributed by atoms with Gasteiger partial charge >= 0.3 is 6.03 Å². The average Bonchev–Trinajstić information content (AvgIpc) is 2.94. The highest BCUT2D eigenvalue weighted by Gasteiger charge is 2.46. The Morgan fingerprint density at radius 1 is 1.14 bits per heavy atom. The molecule has 1 aliphatic rings. The van der Waals surface area contributed by atoms with Gasteiger partial charge in [-0.25, -0.2) is 4.79 Å². The quantitative estimate of drug-likeness (QED) is 0.589. The topological polar surface area (TPSA) is 80.2 Å². The maximum absolute atomic E-state index is 12.4. The number of methoxy groups -OCH3 is 1. The molecule has 7 heteroatoms. The Morgan fingerprint density at radius 3 is 2.54 bits per heavy atom. The van der Waals surface area contributed by atoms with E-state index in [1.807, 2.05) is 37.3 Å². The van der Waals surface area contributed by atoms with Gasteiger partial charge in [0.15, 0.2) is 11.5 Å². The molecule has 1 atom stereocenters. The Balaban J connectivity index is 1.72. The van der Waals surface area contributed by atoms with Crippen molar-refractivity contribution in [2.24, 2.45) is 5.10 Å². The molecule has 1 fully saturated rings. The van der Waals surface area contributed by atoms with Gasteiger partial charge in [-0.05, 0) is 42.7 Å². The van der Waals surface area contributed by atoms with Gasteiger partial charge in [-0.1, -0.05) is 37.3 Å². The first-order valence-electron chi connectivity index (χ1n) is 9.02. The zero-order chi connectivity index (χ0) is 20.1. The molecule has 0 unspecified atom stereocenters. The molecule has 2 aromatic rings. The van der Waals surface area contributed by atoms with Crippen molar-refractivity contribution in [1.29, 1.82) is 0 Å². The number of nitrogens with zero attached hydrogens (tertiary/aromatic N) is 2. The highest BCUT2D eigenvalue weighted by atomic mass is 16.5. The second kappa shape index (κ2) is 8.12. The third-order valence-electron chi connectivity index (χ3n) is 4.69. The van der Waals surface area contributed by atoms with Crippen molar-refractivity contribution in [3.8, 4) is 11.5 Å². The van der Waals surface area contributed by atoms with Crippen LogP contribution in [-0.2, 0) is 11.4 Å². The molecule has 2 aromatic carbocycles.